The Bertz CT molecular complexity index is 540. The molecule has 0 unspecified atom stereocenters. The van der Waals surface area contributed by atoms with Crippen molar-refractivity contribution in [1.82, 2.24) is 15.3 Å². The van der Waals surface area contributed by atoms with Gasteiger partial charge in [-0.15, -0.1) is 0 Å². The monoisotopic (exact) mass is 302 g/mol. The molecule has 1 saturated carbocycles. The van der Waals surface area contributed by atoms with Gasteiger partial charge in [0.2, 0.25) is 11.9 Å². The van der Waals surface area contributed by atoms with Crippen molar-refractivity contribution in [3.63, 3.8) is 0 Å². The summed E-state index contributed by atoms with van der Waals surface area (Å²) in [6.07, 6.45) is 8.01. The average molecular weight is 302 g/mol. The molecule has 22 heavy (non-hydrogen) atoms. The third-order valence-electron chi connectivity index (χ3n) is 5.15. The smallest absolute Gasteiger partial charge is 0.225 e. The minimum Gasteiger partial charge on any atom is -0.376 e. The maximum absolute atomic E-state index is 11.9. The summed E-state index contributed by atoms with van der Waals surface area (Å²) in [7, 11) is 0. The van der Waals surface area contributed by atoms with Crippen molar-refractivity contribution in [1.29, 1.82) is 0 Å². The number of nitrogens with one attached hydrogen (secondary N) is 1. The van der Waals surface area contributed by atoms with Crippen LogP contribution in [-0.2, 0) is 9.53 Å². The highest BCUT2D eigenvalue weighted by Crippen LogP contribution is 2.42. The molecule has 118 valence electrons. The lowest BCUT2D eigenvalue weighted by Gasteiger charge is -2.47. The second kappa shape index (κ2) is 5.50. The van der Waals surface area contributed by atoms with Gasteiger partial charge in [-0.2, -0.15) is 0 Å². The van der Waals surface area contributed by atoms with E-state index in [1.165, 1.54) is 6.42 Å². The van der Waals surface area contributed by atoms with E-state index in [-0.39, 0.29) is 23.3 Å². The lowest BCUT2D eigenvalue weighted by molar-refractivity contribution is -0.127. The van der Waals surface area contributed by atoms with Crippen LogP contribution >= 0.6 is 0 Å². The van der Waals surface area contributed by atoms with Crippen LogP contribution in [0, 0.1) is 11.3 Å². The molecule has 6 heteroatoms. The fourth-order valence-corrected chi connectivity index (χ4v) is 3.64. The Morgan fingerprint density at radius 3 is 2.82 bits per heavy atom. The van der Waals surface area contributed by atoms with Gasteiger partial charge in [0.1, 0.15) is 0 Å². The summed E-state index contributed by atoms with van der Waals surface area (Å²) in [5.74, 6) is 1.27. The van der Waals surface area contributed by atoms with Crippen molar-refractivity contribution >= 4 is 11.9 Å². The number of rotatable bonds is 4. The van der Waals surface area contributed by atoms with Crippen molar-refractivity contribution in [3.05, 3.63) is 18.5 Å². The maximum Gasteiger partial charge on any atom is 0.225 e. The van der Waals surface area contributed by atoms with Crippen LogP contribution in [0.5, 0.6) is 0 Å². The number of ether oxygens (including phenoxy) is 1. The summed E-state index contributed by atoms with van der Waals surface area (Å²) in [5, 5.41) is 3.05. The van der Waals surface area contributed by atoms with Gasteiger partial charge in [-0.25, -0.2) is 9.97 Å². The van der Waals surface area contributed by atoms with Gasteiger partial charge in [0.25, 0.3) is 0 Å². The highest BCUT2D eigenvalue weighted by molar-refractivity contribution is 5.79. The number of hydrogen-bond donors (Lipinski definition) is 1. The summed E-state index contributed by atoms with van der Waals surface area (Å²) in [6, 6.07) is 1.83. The average Bonchev–Trinajstić information content (AvgIpc) is 2.87. The van der Waals surface area contributed by atoms with E-state index in [9.17, 15) is 4.79 Å². The van der Waals surface area contributed by atoms with Gasteiger partial charge >= 0.3 is 0 Å². The minimum absolute atomic E-state index is 0.155. The normalized spacial score (nSPS) is 26.5. The number of carbonyl (C=O) groups excluding carboxylic acids is 1. The highest BCUT2D eigenvalue weighted by atomic mass is 16.5. The molecule has 3 aliphatic rings. The van der Waals surface area contributed by atoms with Crippen LogP contribution in [0.25, 0.3) is 0 Å². The SMILES string of the molecule is O=C(NC[C@H]1CC2(CO1)CN(c1ncccn1)C2)C1CCC1. The predicted octanol–water partition coefficient (Wildman–Crippen LogP) is 0.988. The van der Waals surface area contributed by atoms with E-state index in [2.05, 4.69) is 20.2 Å². The first-order valence-electron chi connectivity index (χ1n) is 8.15. The summed E-state index contributed by atoms with van der Waals surface area (Å²) in [6.45, 7) is 3.33. The molecule has 0 bridgehead atoms. The fraction of sp³-hybridized carbons (Fsp3) is 0.688. The van der Waals surface area contributed by atoms with Gasteiger partial charge in [-0.1, -0.05) is 6.42 Å². The molecule has 2 saturated heterocycles. The minimum atomic E-state index is 0.155. The van der Waals surface area contributed by atoms with Crippen molar-refractivity contribution in [2.24, 2.45) is 11.3 Å². The second-order valence-electron chi connectivity index (χ2n) is 6.91. The van der Waals surface area contributed by atoms with Gasteiger partial charge in [-0.3, -0.25) is 4.79 Å². The first-order valence-corrected chi connectivity index (χ1v) is 8.15. The zero-order chi connectivity index (χ0) is 15.0. The molecule has 3 heterocycles. The Hall–Kier alpha value is -1.69. The molecule has 1 aromatic rings. The van der Waals surface area contributed by atoms with Crippen molar-refractivity contribution in [3.8, 4) is 0 Å². The topological polar surface area (TPSA) is 67.3 Å². The van der Waals surface area contributed by atoms with Crippen LogP contribution in [0.15, 0.2) is 18.5 Å². The van der Waals surface area contributed by atoms with Crippen molar-refractivity contribution in [2.45, 2.75) is 31.8 Å². The number of amides is 1. The number of nitrogens with zero attached hydrogens (tertiary/aromatic N) is 3. The molecule has 1 N–H and O–H groups in total. The second-order valence-corrected chi connectivity index (χ2v) is 6.91. The lowest BCUT2D eigenvalue weighted by atomic mass is 9.78. The molecule has 2 aliphatic heterocycles. The quantitative estimate of drug-likeness (QED) is 0.898. The summed E-state index contributed by atoms with van der Waals surface area (Å²) in [5.41, 5.74) is 0.227. The molecule has 1 spiro atoms. The third-order valence-corrected chi connectivity index (χ3v) is 5.15. The molecule has 3 fully saturated rings. The molecule has 1 amide bonds. The largest absolute Gasteiger partial charge is 0.376 e. The van der Waals surface area contributed by atoms with Gasteiger partial charge in [0.15, 0.2) is 0 Å². The zero-order valence-corrected chi connectivity index (χ0v) is 12.7. The Labute approximate surface area is 130 Å². The molecule has 6 nitrogen and oxygen atoms in total. The summed E-state index contributed by atoms with van der Waals surface area (Å²) < 4.78 is 5.89. The van der Waals surface area contributed by atoms with Crippen LogP contribution in [-0.4, -0.2) is 48.2 Å². The Morgan fingerprint density at radius 2 is 2.14 bits per heavy atom. The molecular formula is C16H22N4O2. The van der Waals surface area contributed by atoms with Gasteiger partial charge in [-0.05, 0) is 25.3 Å². The van der Waals surface area contributed by atoms with Gasteiger partial charge in [0.05, 0.1) is 12.7 Å². The maximum atomic E-state index is 11.9. The van der Waals surface area contributed by atoms with Crippen LogP contribution in [0.3, 0.4) is 0 Å². The molecule has 0 aromatic carbocycles. The Morgan fingerprint density at radius 1 is 1.36 bits per heavy atom. The molecule has 1 aromatic heterocycles. The highest BCUT2D eigenvalue weighted by Gasteiger charge is 2.50. The fourth-order valence-electron chi connectivity index (χ4n) is 3.64. The van der Waals surface area contributed by atoms with Gasteiger partial charge < -0.3 is 15.0 Å². The molecule has 1 aliphatic carbocycles. The number of aromatic nitrogens is 2. The Kier molecular flexibility index (Phi) is 3.48. The molecule has 4 rings (SSSR count). The first-order chi connectivity index (χ1) is 10.7. The van der Waals surface area contributed by atoms with E-state index < -0.39 is 0 Å². The van der Waals surface area contributed by atoms with Crippen LogP contribution in [0.4, 0.5) is 5.95 Å². The van der Waals surface area contributed by atoms with Crippen molar-refractivity contribution < 1.29 is 9.53 Å². The van der Waals surface area contributed by atoms with Crippen LogP contribution in [0.2, 0.25) is 0 Å². The Balaban J connectivity index is 1.24. The lowest BCUT2D eigenvalue weighted by Crippen LogP contribution is -2.57. The predicted molar refractivity (Wildman–Crippen MR) is 81.4 cm³/mol. The zero-order valence-electron chi connectivity index (χ0n) is 12.7. The van der Waals surface area contributed by atoms with Crippen molar-refractivity contribution in [2.75, 3.05) is 31.1 Å². The number of carbonyl (C=O) groups is 1. The molecule has 0 radical (unpaired) electrons. The van der Waals surface area contributed by atoms with E-state index in [1.54, 1.807) is 12.4 Å². The van der Waals surface area contributed by atoms with E-state index in [0.29, 0.717) is 6.54 Å². The van der Waals surface area contributed by atoms with Gasteiger partial charge in [0, 0.05) is 43.4 Å². The standard InChI is InChI=1S/C16H22N4O2/c21-14(12-3-1-4-12)19-8-13-7-16(11-22-13)9-20(10-16)15-17-5-2-6-18-15/h2,5-6,12-13H,1,3-4,7-11H2,(H,19,21)/t13-/m1/s1. The molecule has 1 atom stereocenters. The van der Waals surface area contributed by atoms with E-state index in [4.69, 9.17) is 4.74 Å². The molecular weight excluding hydrogens is 280 g/mol. The summed E-state index contributed by atoms with van der Waals surface area (Å²) >= 11 is 0. The van der Waals surface area contributed by atoms with Crippen LogP contribution < -0.4 is 10.2 Å². The van der Waals surface area contributed by atoms with E-state index in [1.807, 2.05) is 6.07 Å². The number of anilines is 1. The first kappa shape index (κ1) is 13.9. The summed E-state index contributed by atoms with van der Waals surface area (Å²) in [4.78, 5) is 22.6. The van der Waals surface area contributed by atoms with Crippen LogP contribution in [0.1, 0.15) is 25.7 Å². The number of hydrogen-bond acceptors (Lipinski definition) is 5. The van der Waals surface area contributed by atoms with E-state index in [0.717, 1.165) is 44.9 Å². The third kappa shape index (κ3) is 2.56. The van der Waals surface area contributed by atoms with E-state index >= 15 is 0 Å².